The lowest BCUT2D eigenvalue weighted by Crippen LogP contribution is -2.36. The molecule has 1 saturated heterocycles. The highest BCUT2D eigenvalue weighted by Crippen LogP contribution is 2.21. The average molecular weight is 380 g/mol. The van der Waals surface area contributed by atoms with Gasteiger partial charge in [-0.1, -0.05) is 0 Å². The molecule has 4 rings (SSSR count). The van der Waals surface area contributed by atoms with E-state index < -0.39 is 0 Å². The van der Waals surface area contributed by atoms with Gasteiger partial charge >= 0.3 is 0 Å². The Hall–Kier alpha value is -3.00. The molecule has 28 heavy (non-hydrogen) atoms. The number of hydrogen-bond donors (Lipinski definition) is 1. The second kappa shape index (κ2) is 7.55. The maximum atomic E-state index is 12.8. The van der Waals surface area contributed by atoms with Crippen molar-refractivity contribution in [1.82, 2.24) is 19.7 Å². The maximum absolute atomic E-state index is 12.8. The van der Waals surface area contributed by atoms with Crippen molar-refractivity contribution in [2.75, 3.05) is 36.5 Å². The Morgan fingerprint density at radius 3 is 2.68 bits per heavy atom. The molecule has 3 aromatic rings. The van der Waals surface area contributed by atoms with E-state index in [0.29, 0.717) is 30.2 Å². The molecule has 0 saturated carbocycles. The molecule has 0 unspecified atom stereocenters. The van der Waals surface area contributed by atoms with Gasteiger partial charge in [-0.2, -0.15) is 5.10 Å². The molecule has 4 heterocycles. The highest BCUT2D eigenvalue weighted by molar-refractivity contribution is 6.06. The van der Waals surface area contributed by atoms with E-state index in [1.165, 1.54) is 0 Å². The van der Waals surface area contributed by atoms with Crippen LogP contribution in [0.5, 0.6) is 0 Å². The number of rotatable bonds is 4. The summed E-state index contributed by atoms with van der Waals surface area (Å²) >= 11 is 0. The number of nitrogens with zero attached hydrogens (tertiary/aromatic N) is 5. The van der Waals surface area contributed by atoms with Crippen LogP contribution >= 0.6 is 0 Å². The molecule has 0 radical (unpaired) electrons. The molecule has 8 nitrogen and oxygen atoms in total. The Morgan fingerprint density at radius 2 is 2.00 bits per heavy atom. The summed E-state index contributed by atoms with van der Waals surface area (Å²) in [6, 6.07) is 5.84. The SMILES string of the molecule is Cc1nc2c(cnn2C(C)C)cc1C(=O)Nc1ccc(N2CCOCC2)nc1. The molecule has 0 bridgehead atoms. The van der Waals surface area contributed by atoms with E-state index in [0.717, 1.165) is 29.9 Å². The Morgan fingerprint density at radius 1 is 1.21 bits per heavy atom. The summed E-state index contributed by atoms with van der Waals surface area (Å²) in [5, 5.41) is 8.14. The third kappa shape index (κ3) is 3.55. The predicted octanol–water partition coefficient (Wildman–Crippen LogP) is 2.80. The molecular weight excluding hydrogens is 356 g/mol. The van der Waals surface area contributed by atoms with Crippen LogP contribution in [0.1, 0.15) is 35.9 Å². The van der Waals surface area contributed by atoms with Crippen LogP contribution in [0.25, 0.3) is 11.0 Å². The van der Waals surface area contributed by atoms with Gasteiger partial charge in [0.2, 0.25) is 0 Å². The van der Waals surface area contributed by atoms with Gasteiger partial charge in [-0.3, -0.25) is 4.79 Å². The lowest BCUT2D eigenvalue weighted by atomic mass is 10.1. The van der Waals surface area contributed by atoms with Crippen LogP contribution in [0.15, 0.2) is 30.6 Å². The first-order valence-corrected chi connectivity index (χ1v) is 9.48. The number of fused-ring (bicyclic) bond motifs is 1. The summed E-state index contributed by atoms with van der Waals surface area (Å²) in [5.41, 5.74) is 2.65. The summed E-state index contributed by atoms with van der Waals surface area (Å²) in [4.78, 5) is 24.0. The van der Waals surface area contributed by atoms with Crippen LogP contribution in [-0.4, -0.2) is 52.0 Å². The van der Waals surface area contributed by atoms with Gasteiger partial charge in [-0.05, 0) is 39.0 Å². The number of ether oxygens (including phenoxy) is 1. The summed E-state index contributed by atoms with van der Waals surface area (Å²) in [5.74, 6) is 0.687. The molecule has 1 amide bonds. The number of amides is 1. The van der Waals surface area contributed by atoms with Crippen molar-refractivity contribution in [3.05, 3.63) is 41.9 Å². The first-order valence-electron chi connectivity index (χ1n) is 9.48. The molecule has 0 atom stereocenters. The van der Waals surface area contributed by atoms with Gasteiger partial charge in [0.25, 0.3) is 5.91 Å². The van der Waals surface area contributed by atoms with Crippen LogP contribution in [0.3, 0.4) is 0 Å². The van der Waals surface area contributed by atoms with Crippen LogP contribution in [0.2, 0.25) is 0 Å². The van der Waals surface area contributed by atoms with Crippen molar-refractivity contribution in [3.8, 4) is 0 Å². The van der Waals surface area contributed by atoms with Gasteiger partial charge in [0, 0.05) is 24.5 Å². The van der Waals surface area contributed by atoms with E-state index in [2.05, 4.69) is 39.1 Å². The zero-order valence-corrected chi connectivity index (χ0v) is 16.3. The molecule has 146 valence electrons. The first-order chi connectivity index (χ1) is 13.5. The zero-order chi connectivity index (χ0) is 19.7. The molecular formula is C20H24N6O2. The topological polar surface area (TPSA) is 85.2 Å². The number of anilines is 2. The van der Waals surface area contributed by atoms with Crippen molar-refractivity contribution < 1.29 is 9.53 Å². The highest BCUT2D eigenvalue weighted by atomic mass is 16.5. The zero-order valence-electron chi connectivity index (χ0n) is 16.3. The molecule has 0 aromatic carbocycles. The van der Waals surface area contributed by atoms with Crippen LogP contribution in [0, 0.1) is 6.92 Å². The van der Waals surface area contributed by atoms with E-state index in [1.807, 2.05) is 29.8 Å². The number of pyridine rings is 2. The number of carbonyl (C=O) groups is 1. The second-order valence-corrected chi connectivity index (χ2v) is 7.18. The molecule has 1 aliphatic heterocycles. The van der Waals surface area contributed by atoms with Crippen molar-refractivity contribution in [1.29, 1.82) is 0 Å². The molecule has 1 aliphatic rings. The van der Waals surface area contributed by atoms with Crippen molar-refractivity contribution in [2.24, 2.45) is 0 Å². The Labute approximate surface area is 163 Å². The minimum atomic E-state index is -0.204. The van der Waals surface area contributed by atoms with Crippen LogP contribution < -0.4 is 10.2 Å². The summed E-state index contributed by atoms with van der Waals surface area (Å²) in [6.07, 6.45) is 3.43. The fourth-order valence-electron chi connectivity index (χ4n) is 3.31. The van der Waals surface area contributed by atoms with Gasteiger partial charge in [0.15, 0.2) is 5.65 Å². The second-order valence-electron chi connectivity index (χ2n) is 7.18. The van der Waals surface area contributed by atoms with E-state index >= 15 is 0 Å². The third-order valence-electron chi connectivity index (χ3n) is 4.83. The molecule has 0 spiro atoms. The lowest BCUT2D eigenvalue weighted by Gasteiger charge is -2.27. The van der Waals surface area contributed by atoms with Gasteiger partial charge in [0.1, 0.15) is 5.82 Å². The Balaban J connectivity index is 1.52. The Kier molecular flexibility index (Phi) is 4.95. The maximum Gasteiger partial charge on any atom is 0.257 e. The van der Waals surface area contributed by atoms with Gasteiger partial charge in [-0.15, -0.1) is 0 Å². The third-order valence-corrected chi connectivity index (χ3v) is 4.83. The van der Waals surface area contributed by atoms with Gasteiger partial charge < -0.3 is 15.0 Å². The summed E-state index contributed by atoms with van der Waals surface area (Å²) < 4.78 is 7.22. The highest BCUT2D eigenvalue weighted by Gasteiger charge is 2.16. The van der Waals surface area contributed by atoms with E-state index in [-0.39, 0.29) is 11.9 Å². The van der Waals surface area contributed by atoms with Gasteiger partial charge in [-0.25, -0.2) is 14.6 Å². The quantitative estimate of drug-likeness (QED) is 0.749. The normalized spacial score (nSPS) is 14.6. The van der Waals surface area contributed by atoms with Gasteiger partial charge in [0.05, 0.1) is 42.6 Å². The predicted molar refractivity (Wildman–Crippen MR) is 108 cm³/mol. The number of aryl methyl sites for hydroxylation is 1. The minimum Gasteiger partial charge on any atom is -0.378 e. The molecule has 8 heteroatoms. The molecule has 3 aromatic heterocycles. The number of aromatic nitrogens is 4. The smallest absolute Gasteiger partial charge is 0.257 e. The summed E-state index contributed by atoms with van der Waals surface area (Å²) in [7, 11) is 0. The van der Waals surface area contributed by atoms with E-state index in [4.69, 9.17) is 4.74 Å². The first kappa shape index (κ1) is 18.4. The largest absolute Gasteiger partial charge is 0.378 e. The number of nitrogens with one attached hydrogen (secondary N) is 1. The number of morpholine rings is 1. The molecule has 0 aliphatic carbocycles. The fourth-order valence-corrected chi connectivity index (χ4v) is 3.31. The fraction of sp³-hybridized carbons (Fsp3) is 0.400. The lowest BCUT2D eigenvalue weighted by molar-refractivity contribution is 0.102. The van der Waals surface area contributed by atoms with Crippen LogP contribution in [-0.2, 0) is 4.74 Å². The van der Waals surface area contributed by atoms with Crippen molar-refractivity contribution in [2.45, 2.75) is 26.8 Å². The number of hydrogen-bond acceptors (Lipinski definition) is 6. The van der Waals surface area contributed by atoms with E-state index in [9.17, 15) is 4.79 Å². The van der Waals surface area contributed by atoms with Crippen molar-refractivity contribution >= 4 is 28.4 Å². The standard InChI is InChI=1S/C20H24N6O2/c1-13(2)26-19-15(11-22-26)10-17(14(3)23-19)20(27)24-16-4-5-18(21-12-16)25-6-8-28-9-7-25/h4-5,10-13H,6-9H2,1-3H3,(H,24,27). The summed E-state index contributed by atoms with van der Waals surface area (Å²) in [6.45, 7) is 9.02. The average Bonchev–Trinajstić information content (AvgIpc) is 3.11. The monoisotopic (exact) mass is 380 g/mol. The Bertz CT molecular complexity index is 990. The van der Waals surface area contributed by atoms with Crippen LogP contribution in [0.4, 0.5) is 11.5 Å². The van der Waals surface area contributed by atoms with Crippen molar-refractivity contribution in [3.63, 3.8) is 0 Å². The van der Waals surface area contributed by atoms with E-state index in [1.54, 1.807) is 12.4 Å². The number of carbonyl (C=O) groups excluding carboxylic acids is 1. The minimum absolute atomic E-state index is 0.204. The molecule has 1 N–H and O–H groups in total. The molecule has 1 fully saturated rings.